The quantitative estimate of drug-likeness (QED) is 0.847. The lowest BCUT2D eigenvalue weighted by Gasteiger charge is -2.47. The summed E-state index contributed by atoms with van der Waals surface area (Å²) in [5.74, 6) is 1.44. The van der Waals surface area contributed by atoms with Gasteiger partial charge in [0.05, 0.1) is 5.54 Å². The predicted octanol–water partition coefficient (Wildman–Crippen LogP) is 2.89. The van der Waals surface area contributed by atoms with E-state index >= 15 is 0 Å². The fraction of sp³-hybridized carbons (Fsp3) is 0.667. The zero-order valence-electron chi connectivity index (χ0n) is 15.3. The third kappa shape index (κ3) is 3.22. The van der Waals surface area contributed by atoms with Crippen LogP contribution in [0.2, 0.25) is 0 Å². The number of hydrogen-bond donors (Lipinski definition) is 0. The van der Waals surface area contributed by atoms with Gasteiger partial charge in [0.25, 0.3) is 0 Å². The molecule has 1 amide bonds. The molecular formula is C21H30N2O2. The van der Waals surface area contributed by atoms with Crippen LogP contribution in [0.3, 0.4) is 0 Å². The monoisotopic (exact) mass is 342 g/mol. The van der Waals surface area contributed by atoms with E-state index < -0.39 is 0 Å². The van der Waals surface area contributed by atoms with Crippen molar-refractivity contribution in [1.29, 1.82) is 0 Å². The van der Waals surface area contributed by atoms with Crippen molar-refractivity contribution >= 4 is 5.91 Å². The van der Waals surface area contributed by atoms with Gasteiger partial charge in [0.2, 0.25) is 5.91 Å². The Labute approximate surface area is 151 Å². The zero-order chi connectivity index (χ0) is 17.3. The number of benzene rings is 1. The van der Waals surface area contributed by atoms with E-state index in [4.69, 9.17) is 4.74 Å². The van der Waals surface area contributed by atoms with Crippen molar-refractivity contribution in [3.63, 3.8) is 0 Å². The van der Waals surface area contributed by atoms with Crippen molar-refractivity contribution < 1.29 is 9.53 Å². The molecule has 3 heterocycles. The molecule has 0 bridgehead atoms. The van der Waals surface area contributed by atoms with Gasteiger partial charge in [0, 0.05) is 52.2 Å². The third-order valence-corrected chi connectivity index (χ3v) is 6.85. The van der Waals surface area contributed by atoms with Crippen molar-refractivity contribution in [3.8, 4) is 0 Å². The normalized spacial score (nSPS) is 28.0. The summed E-state index contributed by atoms with van der Waals surface area (Å²) in [6.07, 6.45) is 5.26. The van der Waals surface area contributed by atoms with Gasteiger partial charge in [-0.1, -0.05) is 30.3 Å². The molecule has 3 fully saturated rings. The van der Waals surface area contributed by atoms with Crippen LogP contribution in [0.25, 0.3) is 0 Å². The van der Waals surface area contributed by atoms with Crippen LogP contribution in [0.5, 0.6) is 0 Å². The molecule has 1 aromatic rings. The van der Waals surface area contributed by atoms with Crippen LogP contribution in [-0.4, -0.2) is 61.1 Å². The first-order valence-electron chi connectivity index (χ1n) is 9.81. The molecule has 0 aliphatic carbocycles. The Hall–Kier alpha value is -1.39. The number of carbonyl (C=O) groups is 1. The summed E-state index contributed by atoms with van der Waals surface area (Å²) in [5, 5.41) is 0. The van der Waals surface area contributed by atoms with Crippen LogP contribution in [0.1, 0.15) is 43.6 Å². The van der Waals surface area contributed by atoms with E-state index in [0.717, 1.165) is 45.1 Å². The van der Waals surface area contributed by atoms with E-state index in [1.807, 2.05) is 7.05 Å². The Morgan fingerprint density at radius 2 is 1.80 bits per heavy atom. The zero-order valence-corrected chi connectivity index (χ0v) is 15.3. The van der Waals surface area contributed by atoms with Gasteiger partial charge in [-0.3, -0.25) is 4.79 Å². The number of ether oxygens (including phenoxy) is 1. The second-order valence-corrected chi connectivity index (χ2v) is 8.08. The van der Waals surface area contributed by atoms with E-state index in [2.05, 4.69) is 40.1 Å². The second-order valence-electron chi connectivity index (χ2n) is 8.08. The highest BCUT2D eigenvalue weighted by Gasteiger charge is 2.52. The summed E-state index contributed by atoms with van der Waals surface area (Å²) >= 11 is 0. The number of carbonyl (C=O) groups excluding carboxylic acids is 1. The molecule has 25 heavy (non-hydrogen) atoms. The number of nitrogens with zero attached hydrogens (tertiary/aromatic N) is 2. The maximum atomic E-state index is 12.5. The number of piperidine rings is 1. The van der Waals surface area contributed by atoms with E-state index in [9.17, 15) is 4.79 Å². The van der Waals surface area contributed by atoms with Crippen LogP contribution < -0.4 is 0 Å². The van der Waals surface area contributed by atoms with Gasteiger partial charge in [-0.25, -0.2) is 0 Å². The molecule has 136 valence electrons. The summed E-state index contributed by atoms with van der Waals surface area (Å²) in [6.45, 7) is 5.27. The molecule has 3 aliphatic rings. The number of rotatable bonds is 3. The predicted molar refractivity (Wildman–Crippen MR) is 98.5 cm³/mol. The fourth-order valence-electron chi connectivity index (χ4n) is 5.20. The van der Waals surface area contributed by atoms with Crippen LogP contribution in [0.4, 0.5) is 0 Å². The van der Waals surface area contributed by atoms with Gasteiger partial charge in [-0.05, 0) is 37.2 Å². The van der Waals surface area contributed by atoms with Gasteiger partial charge in [0.15, 0.2) is 0 Å². The van der Waals surface area contributed by atoms with Crippen molar-refractivity contribution in [1.82, 2.24) is 9.80 Å². The molecule has 4 nitrogen and oxygen atoms in total. The Balaban J connectivity index is 1.46. The first-order valence-corrected chi connectivity index (χ1v) is 9.81. The van der Waals surface area contributed by atoms with Crippen molar-refractivity contribution in [2.45, 2.75) is 43.6 Å². The minimum Gasteiger partial charge on any atom is -0.381 e. The van der Waals surface area contributed by atoms with Crippen LogP contribution >= 0.6 is 0 Å². The maximum Gasteiger partial charge on any atom is 0.223 e. The largest absolute Gasteiger partial charge is 0.381 e. The molecule has 3 aliphatic heterocycles. The van der Waals surface area contributed by atoms with Gasteiger partial charge >= 0.3 is 0 Å². The summed E-state index contributed by atoms with van der Waals surface area (Å²) in [5.41, 5.74) is 1.35. The lowest BCUT2D eigenvalue weighted by Crippen LogP contribution is -2.54. The Morgan fingerprint density at radius 1 is 1.12 bits per heavy atom. The van der Waals surface area contributed by atoms with E-state index in [1.165, 1.54) is 24.9 Å². The summed E-state index contributed by atoms with van der Waals surface area (Å²) in [7, 11) is 2.03. The smallest absolute Gasteiger partial charge is 0.223 e. The lowest BCUT2D eigenvalue weighted by atomic mass is 9.73. The minimum absolute atomic E-state index is 0.0185. The Kier molecular flexibility index (Phi) is 4.83. The van der Waals surface area contributed by atoms with E-state index in [0.29, 0.717) is 18.2 Å². The fourth-order valence-corrected chi connectivity index (χ4v) is 5.20. The van der Waals surface area contributed by atoms with Gasteiger partial charge < -0.3 is 14.5 Å². The van der Waals surface area contributed by atoms with Gasteiger partial charge in [-0.15, -0.1) is 0 Å². The SMILES string of the molecule is CN1C(=O)C[C@@H](c2ccccc2)C12CCN(CC1CCOCC1)CC2. The number of hydrogen-bond acceptors (Lipinski definition) is 3. The molecule has 1 atom stereocenters. The third-order valence-electron chi connectivity index (χ3n) is 6.85. The summed E-state index contributed by atoms with van der Waals surface area (Å²) < 4.78 is 5.49. The second kappa shape index (κ2) is 7.08. The molecule has 1 spiro atoms. The molecule has 0 saturated carbocycles. The summed E-state index contributed by atoms with van der Waals surface area (Å²) in [6, 6.07) is 10.7. The van der Waals surface area contributed by atoms with Crippen LogP contribution in [-0.2, 0) is 9.53 Å². The lowest BCUT2D eigenvalue weighted by molar-refractivity contribution is -0.130. The van der Waals surface area contributed by atoms with Crippen LogP contribution in [0.15, 0.2) is 30.3 Å². The average molecular weight is 342 g/mol. The van der Waals surface area contributed by atoms with Crippen molar-refractivity contribution in [2.75, 3.05) is 39.9 Å². The number of likely N-dealkylation sites (tertiary alicyclic amines) is 2. The van der Waals surface area contributed by atoms with E-state index in [1.54, 1.807) is 0 Å². The molecule has 0 N–H and O–H groups in total. The highest BCUT2D eigenvalue weighted by Crippen LogP contribution is 2.48. The first-order chi connectivity index (χ1) is 12.2. The first kappa shape index (κ1) is 17.0. The highest BCUT2D eigenvalue weighted by molar-refractivity contribution is 5.81. The topological polar surface area (TPSA) is 32.8 Å². The molecule has 4 rings (SSSR count). The number of amides is 1. The van der Waals surface area contributed by atoms with E-state index in [-0.39, 0.29) is 5.54 Å². The molecule has 3 saturated heterocycles. The molecular weight excluding hydrogens is 312 g/mol. The van der Waals surface area contributed by atoms with Crippen molar-refractivity contribution in [2.24, 2.45) is 5.92 Å². The van der Waals surface area contributed by atoms with Crippen LogP contribution in [0, 0.1) is 5.92 Å². The molecule has 0 radical (unpaired) electrons. The molecule has 1 aromatic carbocycles. The van der Waals surface area contributed by atoms with Crippen molar-refractivity contribution in [3.05, 3.63) is 35.9 Å². The number of likely N-dealkylation sites (N-methyl/N-ethyl adjacent to an activating group) is 1. The summed E-state index contributed by atoms with van der Waals surface area (Å²) in [4.78, 5) is 17.2. The minimum atomic E-state index is 0.0185. The Morgan fingerprint density at radius 3 is 2.48 bits per heavy atom. The highest BCUT2D eigenvalue weighted by atomic mass is 16.5. The van der Waals surface area contributed by atoms with Gasteiger partial charge in [0.1, 0.15) is 0 Å². The Bertz CT molecular complexity index is 589. The maximum absolute atomic E-state index is 12.5. The molecule has 0 unspecified atom stereocenters. The molecule has 0 aromatic heterocycles. The standard InChI is InChI=1S/C21H30N2O2/c1-22-20(24)15-19(18-5-3-2-4-6-18)21(22)9-11-23(12-10-21)16-17-7-13-25-14-8-17/h2-6,17,19H,7-16H2,1H3/t19-/m0/s1. The van der Waals surface area contributed by atoms with Gasteiger partial charge in [-0.2, -0.15) is 0 Å². The average Bonchev–Trinajstić information content (AvgIpc) is 2.90. The molecule has 4 heteroatoms.